The number of pyridine rings is 3. The Balaban J connectivity index is 1.52. The van der Waals surface area contributed by atoms with Crippen LogP contribution < -0.4 is 20.6 Å². The second-order valence-electron chi connectivity index (χ2n) is 8.03. The molecule has 0 saturated carbocycles. The first-order valence-electron chi connectivity index (χ1n) is 11.2. The van der Waals surface area contributed by atoms with Gasteiger partial charge >= 0.3 is 0 Å². The van der Waals surface area contributed by atoms with Gasteiger partial charge in [0, 0.05) is 25.4 Å². The molecule has 5 aromatic rings. The summed E-state index contributed by atoms with van der Waals surface area (Å²) in [7, 11) is 3.18. The molecule has 0 aliphatic rings. The van der Waals surface area contributed by atoms with Crippen molar-refractivity contribution in [2.45, 2.75) is 26.3 Å². The Hall–Kier alpha value is -4.47. The number of benzene rings is 1. The molecule has 5 rings (SSSR count). The highest BCUT2D eigenvalue weighted by molar-refractivity contribution is 5.91. The zero-order valence-corrected chi connectivity index (χ0v) is 19.6. The summed E-state index contributed by atoms with van der Waals surface area (Å²) in [5, 5.41) is 7.64. The van der Waals surface area contributed by atoms with Crippen LogP contribution >= 0.6 is 0 Å². The fourth-order valence-corrected chi connectivity index (χ4v) is 4.04. The largest absolute Gasteiger partial charge is 0.493 e. The zero-order chi connectivity index (χ0) is 24.5. The summed E-state index contributed by atoms with van der Waals surface area (Å²) >= 11 is 0. The van der Waals surface area contributed by atoms with Crippen LogP contribution in [0.15, 0.2) is 58.4 Å². The van der Waals surface area contributed by atoms with E-state index in [1.807, 2.05) is 25.1 Å². The van der Waals surface area contributed by atoms with Crippen LogP contribution in [0.4, 0.5) is 0 Å². The van der Waals surface area contributed by atoms with Gasteiger partial charge in [0.1, 0.15) is 5.82 Å². The van der Waals surface area contributed by atoms with Crippen molar-refractivity contribution in [3.8, 4) is 17.4 Å². The van der Waals surface area contributed by atoms with Gasteiger partial charge in [0.05, 0.1) is 36.0 Å². The number of hydrogen-bond acceptors (Lipinski definition) is 7. The maximum Gasteiger partial charge on any atom is 0.267 e. The number of methoxy groups -OCH3 is 2. The maximum atomic E-state index is 13.3. The van der Waals surface area contributed by atoms with Gasteiger partial charge in [-0.2, -0.15) is 4.98 Å². The van der Waals surface area contributed by atoms with Crippen molar-refractivity contribution in [2.75, 3.05) is 14.2 Å². The van der Waals surface area contributed by atoms with Gasteiger partial charge in [-0.25, -0.2) is 9.55 Å². The van der Waals surface area contributed by atoms with Gasteiger partial charge in [0.15, 0.2) is 11.5 Å². The van der Waals surface area contributed by atoms with Crippen molar-refractivity contribution in [1.82, 2.24) is 29.3 Å². The van der Waals surface area contributed by atoms with Crippen LogP contribution in [0.25, 0.3) is 27.8 Å². The van der Waals surface area contributed by atoms with Crippen LogP contribution in [0.3, 0.4) is 0 Å². The molecule has 0 aliphatic heterocycles. The molecule has 10 nitrogen and oxygen atoms in total. The Kier molecular flexibility index (Phi) is 5.77. The van der Waals surface area contributed by atoms with Crippen LogP contribution in [0, 0.1) is 0 Å². The van der Waals surface area contributed by atoms with E-state index in [1.54, 1.807) is 49.4 Å². The third-order valence-electron chi connectivity index (χ3n) is 5.98. The van der Waals surface area contributed by atoms with Crippen molar-refractivity contribution >= 4 is 21.8 Å². The maximum absolute atomic E-state index is 13.3. The van der Waals surface area contributed by atoms with Gasteiger partial charge in [0.2, 0.25) is 0 Å². The lowest BCUT2D eigenvalue weighted by molar-refractivity contribution is 0.354. The quantitative estimate of drug-likeness (QED) is 0.362. The van der Waals surface area contributed by atoms with Crippen molar-refractivity contribution in [3.05, 3.63) is 80.9 Å². The number of nitrogens with zero attached hydrogens (tertiary/aromatic N) is 5. The SMILES string of the molecule is CCc1nc(-n2ccc3nc4ccn(CCc5ccc(OC)c(OC)c5)c(=O)c4cc3c2=O)n[nH]1. The van der Waals surface area contributed by atoms with Crippen LogP contribution in [0.5, 0.6) is 11.5 Å². The van der Waals surface area contributed by atoms with Gasteiger partial charge in [-0.15, -0.1) is 5.10 Å². The summed E-state index contributed by atoms with van der Waals surface area (Å²) in [5.74, 6) is 2.23. The summed E-state index contributed by atoms with van der Waals surface area (Å²) in [4.78, 5) is 35.3. The Morgan fingerprint density at radius 3 is 2.34 bits per heavy atom. The van der Waals surface area contributed by atoms with E-state index in [9.17, 15) is 9.59 Å². The minimum absolute atomic E-state index is 0.210. The lowest BCUT2D eigenvalue weighted by Gasteiger charge is -2.11. The molecule has 0 aliphatic carbocycles. The molecule has 0 fully saturated rings. The first-order valence-corrected chi connectivity index (χ1v) is 11.2. The standard InChI is InChI=1S/C25H24N6O4/c1-4-22-27-25(29-28-22)31-12-9-19-17(24(31)33)14-16-18(26-19)8-11-30(23(16)32)10-7-15-5-6-20(34-2)21(13-15)35-3/h5-6,8-9,11-14H,4,7,10H2,1-3H3,(H,27,28,29). The molecule has 0 amide bonds. The van der Waals surface area contributed by atoms with E-state index >= 15 is 0 Å². The van der Waals surface area contributed by atoms with E-state index in [4.69, 9.17) is 9.47 Å². The lowest BCUT2D eigenvalue weighted by Crippen LogP contribution is -2.22. The smallest absolute Gasteiger partial charge is 0.267 e. The van der Waals surface area contributed by atoms with Gasteiger partial charge in [-0.1, -0.05) is 13.0 Å². The highest BCUT2D eigenvalue weighted by Crippen LogP contribution is 2.27. The molecule has 0 unspecified atom stereocenters. The number of aryl methyl sites for hydroxylation is 3. The summed E-state index contributed by atoms with van der Waals surface area (Å²) < 4.78 is 13.6. The van der Waals surface area contributed by atoms with Crippen molar-refractivity contribution in [2.24, 2.45) is 0 Å². The first-order chi connectivity index (χ1) is 17.0. The zero-order valence-electron chi connectivity index (χ0n) is 19.6. The highest BCUT2D eigenvalue weighted by Gasteiger charge is 2.13. The van der Waals surface area contributed by atoms with Crippen LogP contribution in [0.1, 0.15) is 18.3 Å². The number of aromatic amines is 1. The molecule has 35 heavy (non-hydrogen) atoms. The van der Waals surface area contributed by atoms with E-state index in [2.05, 4.69) is 20.2 Å². The van der Waals surface area contributed by atoms with Gasteiger partial charge in [-0.3, -0.25) is 14.7 Å². The topological polar surface area (TPSA) is 117 Å². The minimum Gasteiger partial charge on any atom is -0.493 e. The second kappa shape index (κ2) is 9.05. The van der Waals surface area contributed by atoms with Gasteiger partial charge in [-0.05, 0) is 42.3 Å². The molecule has 10 heteroatoms. The fraction of sp³-hybridized carbons (Fsp3) is 0.240. The monoisotopic (exact) mass is 472 g/mol. The number of H-pyrrole nitrogens is 1. The molecular weight excluding hydrogens is 448 g/mol. The van der Waals surface area contributed by atoms with Gasteiger partial charge in [0.25, 0.3) is 17.1 Å². The fourth-order valence-electron chi connectivity index (χ4n) is 4.04. The van der Waals surface area contributed by atoms with Crippen molar-refractivity contribution < 1.29 is 9.47 Å². The van der Waals surface area contributed by atoms with Crippen LogP contribution in [-0.2, 0) is 19.4 Å². The number of nitrogens with one attached hydrogen (secondary N) is 1. The normalized spacial score (nSPS) is 11.3. The van der Waals surface area contributed by atoms with E-state index in [0.717, 1.165) is 5.56 Å². The van der Waals surface area contributed by atoms with E-state index < -0.39 is 0 Å². The predicted octanol–water partition coefficient (Wildman–Crippen LogP) is 2.64. The molecule has 0 spiro atoms. The summed E-state index contributed by atoms with van der Waals surface area (Å²) in [5.41, 5.74) is 1.50. The Bertz CT molecular complexity index is 1670. The Morgan fingerprint density at radius 1 is 0.886 bits per heavy atom. The average molecular weight is 473 g/mol. The molecule has 4 aromatic heterocycles. The van der Waals surface area contributed by atoms with Crippen molar-refractivity contribution in [1.29, 1.82) is 0 Å². The third-order valence-corrected chi connectivity index (χ3v) is 5.98. The molecule has 0 saturated heterocycles. The number of rotatable bonds is 7. The molecule has 0 radical (unpaired) electrons. The molecule has 0 atom stereocenters. The van der Waals surface area contributed by atoms with Crippen LogP contribution in [-0.4, -0.2) is 43.5 Å². The Labute approximate surface area is 199 Å². The second-order valence-corrected chi connectivity index (χ2v) is 8.03. The van der Waals surface area contributed by atoms with Crippen LogP contribution in [0.2, 0.25) is 0 Å². The average Bonchev–Trinajstić information content (AvgIpc) is 3.37. The molecule has 4 heterocycles. The Morgan fingerprint density at radius 2 is 1.63 bits per heavy atom. The van der Waals surface area contributed by atoms with Gasteiger partial charge < -0.3 is 14.0 Å². The molecule has 178 valence electrons. The van der Waals surface area contributed by atoms with E-state index in [-0.39, 0.29) is 17.1 Å². The number of ether oxygens (including phenoxy) is 2. The predicted molar refractivity (Wildman–Crippen MR) is 132 cm³/mol. The number of hydrogen-bond donors (Lipinski definition) is 1. The molecular formula is C25H24N6O4. The molecule has 1 N–H and O–H groups in total. The third kappa shape index (κ3) is 4.03. The van der Waals surface area contributed by atoms with E-state index in [0.29, 0.717) is 58.5 Å². The summed E-state index contributed by atoms with van der Waals surface area (Å²) in [6, 6.07) is 10.8. The summed E-state index contributed by atoms with van der Waals surface area (Å²) in [6.07, 6.45) is 4.61. The lowest BCUT2D eigenvalue weighted by atomic mass is 10.1. The molecule has 1 aromatic carbocycles. The summed E-state index contributed by atoms with van der Waals surface area (Å²) in [6.45, 7) is 2.40. The highest BCUT2D eigenvalue weighted by atomic mass is 16.5. The first kappa shape index (κ1) is 22.3. The number of fused-ring (bicyclic) bond motifs is 2. The minimum atomic E-state index is -0.335. The van der Waals surface area contributed by atoms with Crippen molar-refractivity contribution in [3.63, 3.8) is 0 Å². The number of aromatic nitrogens is 6. The molecule has 0 bridgehead atoms. The van der Waals surface area contributed by atoms with E-state index in [1.165, 1.54) is 4.57 Å².